The molecule has 0 aromatic heterocycles. The average Bonchev–Trinajstić information content (AvgIpc) is 2.28. The van der Waals surface area contributed by atoms with Crippen molar-refractivity contribution in [3.8, 4) is 0 Å². The summed E-state index contributed by atoms with van der Waals surface area (Å²) in [5, 5.41) is 0. The zero-order valence-corrected chi connectivity index (χ0v) is 10.2. The van der Waals surface area contributed by atoms with E-state index in [-0.39, 0.29) is 18.1 Å². The lowest BCUT2D eigenvalue weighted by Crippen LogP contribution is -2.23. The second-order valence-electron chi connectivity index (χ2n) is 4.75. The van der Waals surface area contributed by atoms with E-state index in [0.29, 0.717) is 6.42 Å². The lowest BCUT2D eigenvalue weighted by molar-refractivity contribution is -0.150. The van der Waals surface area contributed by atoms with E-state index in [2.05, 4.69) is 12.1 Å². The van der Waals surface area contributed by atoms with Crippen molar-refractivity contribution in [2.45, 2.75) is 44.8 Å². The molecule has 0 heterocycles. The van der Waals surface area contributed by atoms with Crippen molar-refractivity contribution >= 4 is 5.97 Å². The molecule has 2 atom stereocenters. The Morgan fingerprint density at radius 1 is 1.53 bits per heavy atom. The summed E-state index contributed by atoms with van der Waals surface area (Å²) >= 11 is 0. The normalized spacial score (nSPS) is 20.5. The van der Waals surface area contributed by atoms with Gasteiger partial charge in [-0.2, -0.15) is 0 Å². The van der Waals surface area contributed by atoms with Gasteiger partial charge in [0.15, 0.2) is 0 Å². The van der Waals surface area contributed by atoms with E-state index in [1.54, 1.807) is 0 Å². The minimum absolute atomic E-state index is 0.0776. The maximum absolute atomic E-state index is 11.6. The molecule has 1 aliphatic rings. The molecular formula is C14H19NO2. The van der Waals surface area contributed by atoms with Gasteiger partial charge in [0.05, 0.1) is 6.42 Å². The van der Waals surface area contributed by atoms with Crippen molar-refractivity contribution in [3.63, 3.8) is 0 Å². The van der Waals surface area contributed by atoms with Gasteiger partial charge in [-0.05, 0) is 37.3 Å². The highest BCUT2D eigenvalue weighted by atomic mass is 16.5. The minimum Gasteiger partial charge on any atom is -0.457 e. The first kappa shape index (κ1) is 12.1. The smallest absolute Gasteiger partial charge is 0.307 e. The van der Waals surface area contributed by atoms with Crippen LogP contribution in [-0.4, -0.2) is 12.0 Å². The molecule has 0 saturated carbocycles. The van der Waals surface area contributed by atoms with Gasteiger partial charge in [0.25, 0.3) is 0 Å². The molecule has 3 nitrogen and oxygen atoms in total. The molecule has 3 heteroatoms. The van der Waals surface area contributed by atoms with E-state index in [0.717, 1.165) is 24.8 Å². The zero-order valence-electron chi connectivity index (χ0n) is 10.2. The van der Waals surface area contributed by atoms with Crippen molar-refractivity contribution < 1.29 is 9.53 Å². The van der Waals surface area contributed by atoms with Crippen LogP contribution >= 0.6 is 0 Å². The predicted octanol–water partition coefficient (Wildman–Crippen LogP) is 2.34. The molecule has 0 radical (unpaired) electrons. The molecule has 1 aliphatic carbocycles. The van der Waals surface area contributed by atoms with Crippen LogP contribution in [0, 0.1) is 0 Å². The van der Waals surface area contributed by atoms with E-state index < -0.39 is 0 Å². The zero-order chi connectivity index (χ0) is 12.3. The third kappa shape index (κ3) is 3.07. The summed E-state index contributed by atoms with van der Waals surface area (Å²) in [5.74, 6) is -0.193. The molecule has 0 spiro atoms. The molecule has 2 N–H and O–H groups in total. The summed E-state index contributed by atoms with van der Waals surface area (Å²) in [6, 6.07) is 8.06. The van der Waals surface area contributed by atoms with Gasteiger partial charge in [-0.3, -0.25) is 4.79 Å². The van der Waals surface area contributed by atoms with Gasteiger partial charge in [-0.1, -0.05) is 24.3 Å². The number of hydrogen-bond acceptors (Lipinski definition) is 3. The van der Waals surface area contributed by atoms with Gasteiger partial charge in [0.2, 0.25) is 0 Å². The number of hydrogen-bond donors (Lipinski definition) is 1. The van der Waals surface area contributed by atoms with E-state index in [4.69, 9.17) is 10.5 Å². The van der Waals surface area contributed by atoms with Crippen LogP contribution in [0.15, 0.2) is 24.3 Å². The van der Waals surface area contributed by atoms with Crippen LogP contribution in [0.1, 0.15) is 43.4 Å². The highest BCUT2D eigenvalue weighted by molar-refractivity contribution is 5.70. The molecule has 2 unspecified atom stereocenters. The van der Waals surface area contributed by atoms with Crippen LogP contribution in [0.5, 0.6) is 0 Å². The van der Waals surface area contributed by atoms with Crippen molar-refractivity contribution in [1.29, 1.82) is 0 Å². The first-order valence-corrected chi connectivity index (χ1v) is 6.19. The lowest BCUT2D eigenvalue weighted by atomic mass is 9.89. The van der Waals surface area contributed by atoms with Gasteiger partial charge < -0.3 is 10.5 Å². The van der Waals surface area contributed by atoms with Crippen LogP contribution in [0.3, 0.4) is 0 Å². The van der Waals surface area contributed by atoms with E-state index in [1.165, 1.54) is 5.56 Å². The SMILES string of the molecule is CC(N)CC(=O)OC1CCCc2ccccc21. The fraction of sp³-hybridized carbons (Fsp3) is 0.500. The summed E-state index contributed by atoms with van der Waals surface area (Å²) in [7, 11) is 0. The third-order valence-electron chi connectivity index (χ3n) is 3.08. The number of rotatable bonds is 3. The van der Waals surface area contributed by atoms with Crippen LogP contribution in [0.2, 0.25) is 0 Å². The quantitative estimate of drug-likeness (QED) is 0.815. The number of nitrogens with two attached hydrogens (primary N) is 1. The molecule has 0 saturated heterocycles. The molecule has 0 bridgehead atoms. The summed E-state index contributed by atoms with van der Waals surface area (Å²) in [4.78, 5) is 11.6. The van der Waals surface area contributed by atoms with Crippen LogP contribution < -0.4 is 5.73 Å². The molecular weight excluding hydrogens is 214 g/mol. The van der Waals surface area contributed by atoms with Crippen LogP contribution in [0.25, 0.3) is 0 Å². The minimum atomic E-state index is -0.193. The fourth-order valence-corrected chi connectivity index (χ4v) is 2.30. The standard InChI is InChI=1S/C14H19NO2/c1-10(15)9-14(16)17-13-8-4-6-11-5-2-3-7-12(11)13/h2-3,5,7,10,13H,4,6,8-9,15H2,1H3. The number of ether oxygens (including phenoxy) is 1. The van der Waals surface area contributed by atoms with Gasteiger partial charge >= 0.3 is 5.97 Å². The molecule has 17 heavy (non-hydrogen) atoms. The van der Waals surface area contributed by atoms with E-state index in [9.17, 15) is 4.79 Å². The Morgan fingerprint density at radius 3 is 3.06 bits per heavy atom. The summed E-state index contributed by atoms with van der Waals surface area (Å²) in [6.45, 7) is 1.82. The molecule has 0 aliphatic heterocycles. The third-order valence-corrected chi connectivity index (χ3v) is 3.08. The molecule has 0 amide bonds. The highest BCUT2D eigenvalue weighted by Gasteiger charge is 2.23. The topological polar surface area (TPSA) is 52.3 Å². The largest absolute Gasteiger partial charge is 0.457 e. The van der Waals surface area contributed by atoms with Crippen LogP contribution in [-0.2, 0) is 16.0 Å². The number of benzene rings is 1. The van der Waals surface area contributed by atoms with E-state index in [1.807, 2.05) is 19.1 Å². The number of aryl methyl sites for hydroxylation is 1. The summed E-state index contributed by atoms with van der Waals surface area (Å²) in [5.41, 5.74) is 8.06. The molecule has 92 valence electrons. The lowest BCUT2D eigenvalue weighted by Gasteiger charge is -2.25. The number of carbonyl (C=O) groups excluding carboxylic acids is 1. The Kier molecular flexibility index (Phi) is 3.79. The Hall–Kier alpha value is -1.35. The monoisotopic (exact) mass is 233 g/mol. The molecule has 0 fully saturated rings. The van der Waals surface area contributed by atoms with Gasteiger partial charge in [-0.15, -0.1) is 0 Å². The van der Waals surface area contributed by atoms with Gasteiger partial charge in [-0.25, -0.2) is 0 Å². The van der Waals surface area contributed by atoms with Gasteiger partial charge in [0, 0.05) is 6.04 Å². The Morgan fingerprint density at radius 2 is 2.29 bits per heavy atom. The fourth-order valence-electron chi connectivity index (χ4n) is 2.30. The molecule has 1 aromatic rings. The maximum Gasteiger partial charge on any atom is 0.307 e. The number of fused-ring (bicyclic) bond motifs is 1. The average molecular weight is 233 g/mol. The predicted molar refractivity (Wildman–Crippen MR) is 66.5 cm³/mol. The maximum atomic E-state index is 11.6. The van der Waals surface area contributed by atoms with Crippen molar-refractivity contribution in [2.24, 2.45) is 5.73 Å². The van der Waals surface area contributed by atoms with E-state index >= 15 is 0 Å². The Bertz CT molecular complexity index is 401. The molecule has 1 aromatic carbocycles. The highest BCUT2D eigenvalue weighted by Crippen LogP contribution is 2.32. The number of carbonyl (C=O) groups is 1. The number of esters is 1. The first-order chi connectivity index (χ1) is 8.16. The van der Waals surface area contributed by atoms with Crippen molar-refractivity contribution in [1.82, 2.24) is 0 Å². The second kappa shape index (κ2) is 5.32. The van der Waals surface area contributed by atoms with Gasteiger partial charge in [0.1, 0.15) is 6.10 Å². The Labute approximate surface area is 102 Å². The first-order valence-electron chi connectivity index (χ1n) is 6.19. The summed E-state index contributed by atoms with van der Waals surface area (Å²) < 4.78 is 5.51. The summed E-state index contributed by atoms with van der Waals surface area (Å²) in [6.07, 6.45) is 3.29. The Balaban J connectivity index is 2.06. The van der Waals surface area contributed by atoms with Crippen LogP contribution in [0.4, 0.5) is 0 Å². The molecule has 2 rings (SSSR count). The second-order valence-corrected chi connectivity index (χ2v) is 4.75. The van der Waals surface area contributed by atoms with Crippen molar-refractivity contribution in [3.05, 3.63) is 35.4 Å². The van der Waals surface area contributed by atoms with Crippen molar-refractivity contribution in [2.75, 3.05) is 0 Å².